The van der Waals surface area contributed by atoms with Crippen molar-refractivity contribution in [3.63, 3.8) is 0 Å². The number of aryl methyl sites for hydroxylation is 2. The maximum absolute atomic E-state index is 11.9. The van der Waals surface area contributed by atoms with Crippen LogP contribution < -0.4 is 5.32 Å². The second-order valence-electron chi connectivity index (χ2n) is 4.25. The Hall–Kier alpha value is -2.41. The molecule has 1 heterocycles. The van der Waals surface area contributed by atoms with Crippen molar-refractivity contribution in [2.45, 2.75) is 19.8 Å². The number of carbonyl (C=O) groups is 2. The number of amides is 1. The zero-order valence-corrected chi connectivity index (χ0v) is 11.8. The number of halogens is 1. The van der Waals surface area contributed by atoms with E-state index in [-0.39, 0.29) is 35.0 Å². The summed E-state index contributed by atoms with van der Waals surface area (Å²) in [6.45, 7) is 1.68. The summed E-state index contributed by atoms with van der Waals surface area (Å²) in [4.78, 5) is 26.9. The lowest BCUT2D eigenvalue weighted by atomic mass is 10.1. The minimum absolute atomic E-state index is 0.0653. The minimum Gasteiger partial charge on any atom is -0.478 e. The first-order valence-corrected chi connectivity index (χ1v) is 6.46. The van der Waals surface area contributed by atoms with Crippen LogP contribution in [0.4, 0.5) is 5.69 Å². The maximum atomic E-state index is 11.9. The summed E-state index contributed by atoms with van der Waals surface area (Å²) in [6.07, 6.45) is 0.339. The lowest BCUT2D eigenvalue weighted by Gasteiger charge is -2.09. The van der Waals surface area contributed by atoms with Crippen LogP contribution in [-0.4, -0.2) is 27.1 Å². The van der Waals surface area contributed by atoms with Crippen LogP contribution in [0.15, 0.2) is 22.7 Å². The molecule has 2 rings (SSSR count). The molecule has 2 N–H and O–H groups in total. The molecule has 21 heavy (non-hydrogen) atoms. The summed E-state index contributed by atoms with van der Waals surface area (Å²) in [5.74, 6) is -0.716. The topological polar surface area (TPSA) is 105 Å². The van der Waals surface area contributed by atoms with Crippen LogP contribution in [0, 0.1) is 6.92 Å². The van der Waals surface area contributed by atoms with Crippen molar-refractivity contribution < 1.29 is 19.2 Å². The SMILES string of the molecule is Cc1noc(CCC(=O)Nc2c(Cl)cccc2C(=O)O)n1. The molecule has 1 aromatic heterocycles. The van der Waals surface area contributed by atoms with E-state index in [0.717, 1.165) is 0 Å². The summed E-state index contributed by atoms with van der Waals surface area (Å²) < 4.78 is 4.89. The number of carboxylic acid groups (broad SMARTS) is 1. The van der Waals surface area contributed by atoms with E-state index in [1.807, 2.05) is 0 Å². The number of benzene rings is 1. The van der Waals surface area contributed by atoms with Crippen LogP contribution >= 0.6 is 11.6 Å². The fourth-order valence-electron chi connectivity index (χ4n) is 1.69. The van der Waals surface area contributed by atoms with E-state index < -0.39 is 5.97 Å². The van der Waals surface area contributed by atoms with Crippen LogP contribution in [0.2, 0.25) is 5.02 Å². The summed E-state index contributed by atoms with van der Waals surface area (Å²) >= 11 is 5.92. The van der Waals surface area contributed by atoms with Crippen LogP contribution in [0.1, 0.15) is 28.5 Å². The van der Waals surface area contributed by atoms with Gasteiger partial charge in [-0.3, -0.25) is 4.79 Å². The standard InChI is InChI=1S/C13H12ClN3O4/c1-7-15-11(21-17-7)6-5-10(18)16-12-8(13(19)20)3-2-4-9(12)14/h2-4H,5-6H2,1H3,(H,16,18)(H,19,20). The first-order chi connectivity index (χ1) is 9.97. The second kappa shape index (κ2) is 6.36. The molecule has 0 atom stereocenters. The van der Waals surface area contributed by atoms with E-state index in [0.29, 0.717) is 11.7 Å². The summed E-state index contributed by atoms with van der Waals surface area (Å²) in [5, 5.41) is 15.3. The molecule has 0 radical (unpaired) electrons. The van der Waals surface area contributed by atoms with Gasteiger partial charge in [-0.25, -0.2) is 4.79 Å². The number of carbonyl (C=O) groups excluding carboxylic acids is 1. The van der Waals surface area contributed by atoms with Crippen molar-refractivity contribution in [2.24, 2.45) is 0 Å². The number of rotatable bonds is 5. The fourth-order valence-corrected chi connectivity index (χ4v) is 1.92. The van der Waals surface area contributed by atoms with Crippen molar-refractivity contribution >= 4 is 29.2 Å². The van der Waals surface area contributed by atoms with Crippen molar-refractivity contribution in [1.82, 2.24) is 10.1 Å². The zero-order chi connectivity index (χ0) is 15.4. The summed E-state index contributed by atoms with van der Waals surface area (Å²) in [7, 11) is 0. The van der Waals surface area contributed by atoms with Crippen molar-refractivity contribution in [3.05, 3.63) is 40.5 Å². The Balaban J connectivity index is 2.04. The van der Waals surface area contributed by atoms with Gasteiger partial charge in [0.2, 0.25) is 11.8 Å². The van der Waals surface area contributed by atoms with Gasteiger partial charge in [0.25, 0.3) is 0 Å². The van der Waals surface area contributed by atoms with Gasteiger partial charge in [-0.1, -0.05) is 22.8 Å². The average Bonchev–Trinajstić information content (AvgIpc) is 2.84. The Kier molecular flexibility index (Phi) is 4.54. The van der Waals surface area contributed by atoms with Crippen LogP contribution in [-0.2, 0) is 11.2 Å². The van der Waals surface area contributed by atoms with E-state index >= 15 is 0 Å². The van der Waals surface area contributed by atoms with Crippen LogP contribution in [0.25, 0.3) is 0 Å². The molecule has 0 saturated heterocycles. The lowest BCUT2D eigenvalue weighted by molar-refractivity contribution is -0.116. The third kappa shape index (κ3) is 3.79. The lowest BCUT2D eigenvalue weighted by Crippen LogP contribution is -2.15. The van der Waals surface area contributed by atoms with Crippen molar-refractivity contribution in [3.8, 4) is 0 Å². The number of para-hydroxylation sites is 1. The Morgan fingerprint density at radius 1 is 1.43 bits per heavy atom. The van der Waals surface area contributed by atoms with Crippen molar-refractivity contribution in [1.29, 1.82) is 0 Å². The number of hydrogen-bond donors (Lipinski definition) is 2. The van der Waals surface area contributed by atoms with Gasteiger partial charge >= 0.3 is 5.97 Å². The highest BCUT2D eigenvalue weighted by atomic mass is 35.5. The predicted octanol–water partition coefficient (Wildman–Crippen LogP) is 2.30. The number of aromatic nitrogens is 2. The third-order valence-corrected chi connectivity index (χ3v) is 2.96. The maximum Gasteiger partial charge on any atom is 0.337 e. The molecule has 0 unspecified atom stereocenters. The molecule has 0 aliphatic carbocycles. The van der Waals surface area contributed by atoms with Gasteiger partial charge in [-0.2, -0.15) is 4.98 Å². The number of aromatic carboxylic acids is 1. The third-order valence-electron chi connectivity index (χ3n) is 2.64. The molecule has 2 aromatic rings. The van der Waals surface area contributed by atoms with E-state index in [1.165, 1.54) is 18.2 Å². The highest BCUT2D eigenvalue weighted by Crippen LogP contribution is 2.26. The van der Waals surface area contributed by atoms with Gasteiger partial charge < -0.3 is 14.9 Å². The molecule has 0 aliphatic heterocycles. The Labute approximate surface area is 124 Å². The highest BCUT2D eigenvalue weighted by molar-refractivity contribution is 6.34. The zero-order valence-electron chi connectivity index (χ0n) is 11.1. The Morgan fingerprint density at radius 3 is 2.81 bits per heavy atom. The monoisotopic (exact) mass is 309 g/mol. The van der Waals surface area contributed by atoms with Gasteiger partial charge in [0, 0.05) is 12.8 Å². The van der Waals surface area contributed by atoms with Gasteiger partial charge in [0.05, 0.1) is 16.3 Å². The number of nitrogens with zero attached hydrogens (tertiary/aromatic N) is 2. The Morgan fingerprint density at radius 2 is 2.19 bits per heavy atom. The molecule has 0 bridgehead atoms. The quantitative estimate of drug-likeness (QED) is 0.878. The van der Waals surface area contributed by atoms with Crippen LogP contribution in [0.5, 0.6) is 0 Å². The molecule has 8 heteroatoms. The predicted molar refractivity (Wildman–Crippen MR) is 74.4 cm³/mol. The largest absolute Gasteiger partial charge is 0.478 e. The second-order valence-corrected chi connectivity index (χ2v) is 4.66. The van der Waals surface area contributed by atoms with E-state index in [4.69, 9.17) is 21.2 Å². The number of nitrogens with one attached hydrogen (secondary N) is 1. The smallest absolute Gasteiger partial charge is 0.337 e. The highest BCUT2D eigenvalue weighted by Gasteiger charge is 2.16. The molecule has 110 valence electrons. The first kappa shape index (κ1) is 15.0. The van der Waals surface area contributed by atoms with Gasteiger partial charge in [-0.15, -0.1) is 0 Å². The molecular weight excluding hydrogens is 298 g/mol. The van der Waals surface area contributed by atoms with Gasteiger partial charge in [0.1, 0.15) is 0 Å². The molecule has 0 aliphatic rings. The van der Waals surface area contributed by atoms with Crippen molar-refractivity contribution in [2.75, 3.05) is 5.32 Å². The molecule has 1 amide bonds. The fraction of sp³-hybridized carbons (Fsp3) is 0.231. The molecule has 7 nitrogen and oxygen atoms in total. The molecule has 0 spiro atoms. The first-order valence-electron chi connectivity index (χ1n) is 6.08. The summed E-state index contributed by atoms with van der Waals surface area (Å²) in [5.41, 5.74) is 0.0165. The van der Waals surface area contributed by atoms with E-state index in [1.54, 1.807) is 6.92 Å². The van der Waals surface area contributed by atoms with Crippen LogP contribution in [0.3, 0.4) is 0 Å². The van der Waals surface area contributed by atoms with E-state index in [9.17, 15) is 9.59 Å². The average molecular weight is 310 g/mol. The minimum atomic E-state index is -1.17. The molecule has 0 fully saturated rings. The number of hydrogen-bond acceptors (Lipinski definition) is 5. The molecule has 0 saturated carbocycles. The molecular formula is C13H12ClN3O4. The van der Waals surface area contributed by atoms with E-state index in [2.05, 4.69) is 15.5 Å². The normalized spacial score (nSPS) is 10.4. The summed E-state index contributed by atoms with van der Waals surface area (Å²) in [6, 6.07) is 4.37. The molecule has 1 aromatic carbocycles. The number of carboxylic acids is 1. The number of anilines is 1. The van der Waals surface area contributed by atoms with Gasteiger partial charge in [-0.05, 0) is 19.1 Å². The van der Waals surface area contributed by atoms with Gasteiger partial charge in [0.15, 0.2) is 5.82 Å². The Bertz CT molecular complexity index is 684.